The molecule has 0 unspecified atom stereocenters. The molecule has 0 spiro atoms. The van der Waals surface area contributed by atoms with Crippen LogP contribution in [0.5, 0.6) is 17.2 Å². The summed E-state index contributed by atoms with van der Waals surface area (Å²) in [5, 5.41) is 0. The molecule has 2 N–H and O–H groups in total. The smallest absolute Gasteiger partial charge is 0.254 e. The number of pyridine rings is 1. The Hall–Kier alpha value is -3.21. The van der Waals surface area contributed by atoms with Crippen molar-refractivity contribution < 1.29 is 9.47 Å². The SMILES string of the molecule is Cc1cccc(C)c1Oc1ccc(N)cc1-c1cn(C)c(=O)cc1OC(C)C. The van der Waals surface area contributed by atoms with E-state index in [0.717, 1.165) is 28.0 Å². The number of ether oxygens (including phenoxy) is 2. The van der Waals surface area contributed by atoms with Gasteiger partial charge in [0.1, 0.15) is 17.2 Å². The van der Waals surface area contributed by atoms with E-state index in [-0.39, 0.29) is 11.7 Å². The Morgan fingerprint density at radius 2 is 1.64 bits per heavy atom. The van der Waals surface area contributed by atoms with Gasteiger partial charge in [0.15, 0.2) is 0 Å². The number of para-hydroxylation sites is 1. The van der Waals surface area contributed by atoms with Crippen LogP contribution in [0.4, 0.5) is 5.69 Å². The zero-order chi connectivity index (χ0) is 20.4. The molecule has 0 aliphatic heterocycles. The second-order valence-electron chi connectivity index (χ2n) is 7.25. The van der Waals surface area contributed by atoms with Crippen molar-refractivity contribution in [3.8, 4) is 28.4 Å². The largest absolute Gasteiger partial charge is 0.490 e. The predicted molar refractivity (Wildman–Crippen MR) is 113 cm³/mol. The molecule has 3 rings (SSSR count). The van der Waals surface area contributed by atoms with Gasteiger partial charge in [-0.2, -0.15) is 0 Å². The number of nitrogen functional groups attached to an aromatic ring is 1. The van der Waals surface area contributed by atoms with Crippen LogP contribution in [0.15, 0.2) is 53.5 Å². The van der Waals surface area contributed by atoms with Gasteiger partial charge in [-0.1, -0.05) is 18.2 Å². The van der Waals surface area contributed by atoms with Gasteiger partial charge in [0.05, 0.1) is 6.10 Å². The van der Waals surface area contributed by atoms with Crippen LogP contribution in [0, 0.1) is 13.8 Å². The minimum absolute atomic E-state index is 0.0742. The van der Waals surface area contributed by atoms with Crippen molar-refractivity contribution in [1.82, 2.24) is 4.57 Å². The number of hydrogen-bond donors (Lipinski definition) is 1. The third kappa shape index (κ3) is 4.03. The maximum atomic E-state index is 12.2. The lowest BCUT2D eigenvalue weighted by molar-refractivity contribution is 0.242. The molecule has 0 aliphatic rings. The lowest BCUT2D eigenvalue weighted by atomic mass is 10.0. The summed E-state index contributed by atoms with van der Waals surface area (Å²) >= 11 is 0. The number of aryl methyl sites for hydroxylation is 3. The first-order valence-electron chi connectivity index (χ1n) is 9.27. The molecule has 0 fully saturated rings. The minimum Gasteiger partial charge on any atom is -0.490 e. The van der Waals surface area contributed by atoms with Crippen molar-refractivity contribution in [2.24, 2.45) is 7.05 Å². The van der Waals surface area contributed by atoms with Crippen LogP contribution in [0.3, 0.4) is 0 Å². The first kappa shape index (κ1) is 19.5. The number of rotatable bonds is 5. The lowest BCUT2D eigenvalue weighted by Crippen LogP contribution is -2.17. The number of nitrogens with zero attached hydrogens (tertiary/aromatic N) is 1. The Balaban J connectivity index is 2.19. The fourth-order valence-corrected chi connectivity index (χ4v) is 3.08. The molecule has 1 heterocycles. The molecule has 2 aromatic carbocycles. The van der Waals surface area contributed by atoms with E-state index in [4.69, 9.17) is 15.2 Å². The van der Waals surface area contributed by atoms with Crippen molar-refractivity contribution in [3.05, 3.63) is 70.1 Å². The van der Waals surface area contributed by atoms with E-state index in [1.807, 2.05) is 58.0 Å². The average molecular weight is 378 g/mol. The lowest BCUT2D eigenvalue weighted by Gasteiger charge is -2.19. The fourth-order valence-electron chi connectivity index (χ4n) is 3.08. The van der Waals surface area contributed by atoms with Crippen LogP contribution in [0.25, 0.3) is 11.1 Å². The zero-order valence-electron chi connectivity index (χ0n) is 16.9. The molecule has 0 amide bonds. The summed E-state index contributed by atoms with van der Waals surface area (Å²) in [6.07, 6.45) is 1.68. The highest BCUT2D eigenvalue weighted by molar-refractivity contribution is 5.78. The van der Waals surface area contributed by atoms with Crippen molar-refractivity contribution in [1.29, 1.82) is 0 Å². The Morgan fingerprint density at radius 1 is 0.964 bits per heavy atom. The molecule has 5 heteroatoms. The first-order valence-corrected chi connectivity index (χ1v) is 9.27. The van der Waals surface area contributed by atoms with Crippen LogP contribution < -0.4 is 20.8 Å². The Labute approximate surface area is 165 Å². The molecule has 0 saturated carbocycles. The number of hydrogen-bond acceptors (Lipinski definition) is 4. The van der Waals surface area contributed by atoms with Gasteiger partial charge in [0.25, 0.3) is 5.56 Å². The zero-order valence-corrected chi connectivity index (χ0v) is 16.9. The molecular weight excluding hydrogens is 352 g/mol. The van der Waals surface area contributed by atoms with E-state index >= 15 is 0 Å². The third-order valence-corrected chi connectivity index (χ3v) is 4.47. The van der Waals surface area contributed by atoms with Gasteiger partial charge < -0.3 is 19.8 Å². The highest BCUT2D eigenvalue weighted by Crippen LogP contribution is 2.40. The predicted octanol–water partition coefficient (Wildman–Crippen LogP) is 4.83. The maximum Gasteiger partial charge on any atom is 0.254 e. The van der Waals surface area contributed by atoms with Crippen molar-refractivity contribution in [3.63, 3.8) is 0 Å². The van der Waals surface area contributed by atoms with Gasteiger partial charge >= 0.3 is 0 Å². The van der Waals surface area contributed by atoms with E-state index in [1.54, 1.807) is 19.3 Å². The maximum absolute atomic E-state index is 12.2. The molecule has 0 aliphatic carbocycles. The van der Waals surface area contributed by atoms with Gasteiger partial charge in [-0.3, -0.25) is 4.79 Å². The van der Waals surface area contributed by atoms with Gasteiger partial charge in [-0.05, 0) is 57.0 Å². The van der Waals surface area contributed by atoms with Gasteiger partial charge in [0, 0.05) is 36.1 Å². The van der Waals surface area contributed by atoms with Crippen molar-refractivity contribution in [2.45, 2.75) is 33.8 Å². The quantitative estimate of drug-likeness (QED) is 0.646. The van der Waals surface area contributed by atoms with Gasteiger partial charge in [-0.25, -0.2) is 0 Å². The monoisotopic (exact) mass is 378 g/mol. The Kier molecular flexibility index (Phi) is 5.45. The second kappa shape index (κ2) is 7.80. The molecule has 0 radical (unpaired) electrons. The van der Waals surface area contributed by atoms with Crippen LogP contribution in [0.2, 0.25) is 0 Å². The van der Waals surface area contributed by atoms with Crippen molar-refractivity contribution >= 4 is 5.69 Å². The van der Waals surface area contributed by atoms with E-state index in [9.17, 15) is 4.79 Å². The van der Waals surface area contributed by atoms with Gasteiger partial charge in [0.2, 0.25) is 0 Å². The average Bonchev–Trinajstić information content (AvgIpc) is 2.62. The molecule has 3 aromatic rings. The standard InChI is InChI=1S/C23H26N2O3/c1-14(2)27-21-12-22(26)25(5)13-19(21)18-11-17(24)9-10-20(18)28-23-15(3)7-6-8-16(23)4/h6-14H,24H2,1-5H3. The molecule has 5 nitrogen and oxygen atoms in total. The molecule has 0 atom stereocenters. The summed E-state index contributed by atoms with van der Waals surface area (Å²) in [7, 11) is 1.71. The summed E-state index contributed by atoms with van der Waals surface area (Å²) in [5.74, 6) is 1.97. The summed E-state index contributed by atoms with van der Waals surface area (Å²) < 4.78 is 13.8. The highest BCUT2D eigenvalue weighted by atomic mass is 16.5. The third-order valence-electron chi connectivity index (χ3n) is 4.47. The first-order chi connectivity index (χ1) is 13.3. The number of aromatic nitrogens is 1. The molecule has 0 bridgehead atoms. The van der Waals surface area contributed by atoms with E-state index in [0.29, 0.717) is 17.2 Å². The van der Waals surface area contributed by atoms with Crippen LogP contribution in [-0.2, 0) is 7.05 Å². The molecule has 146 valence electrons. The molecule has 1 aromatic heterocycles. The van der Waals surface area contributed by atoms with Gasteiger partial charge in [-0.15, -0.1) is 0 Å². The van der Waals surface area contributed by atoms with Crippen LogP contribution >= 0.6 is 0 Å². The Bertz CT molecular complexity index is 1050. The number of benzene rings is 2. The normalized spacial score (nSPS) is 10.9. The molecule has 28 heavy (non-hydrogen) atoms. The van der Waals surface area contributed by atoms with E-state index in [1.165, 1.54) is 10.6 Å². The Morgan fingerprint density at radius 3 is 2.29 bits per heavy atom. The van der Waals surface area contributed by atoms with E-state index < -0.39 is 0 Å². The topological polar surface area (TPSA) is 66.5 Å². The van der Waals surface area contributed by atoms with Crippen LogP contribution in [-0.4, -0.2) is 10.7 Å². The summed E-state index contributed by atoms with van der Waals surface area (Å²) in [6, 6.07) is 13.0. The number of nitrogens with two attached hydrogens (primary N) is 1. The molecular formula is C23H26N2O3. The summed E-state index contributed by atoms with van der Waals surface area (Å²) in [6.45, 7) is 7.88. The highest BCUT2D eigenvalue weighted by Gasteiger charge is 2.17. The van der Waals surface area contributed by atoms with Crippen LogP contribution in [0.1, 0.15) is 25.0 Å². The van der Waals surface area contributed by atoms with Crippen molar-refractivity contribution in [2.75, 3.05) is 5.73 Å². The summed E-state index contributed by atoms with van der Waals surface area (Å²) in [5.41, 5.74) is 10.2. The van der Waals surface area contributed by atoms with E-state index in [2.05, 4.69) is 0 Å². The second-order valence-corrected chi connectivity index (χ2v) is 7.25. The minimum atomic E-state index is -0.138. The number of anilines is 1. The summed E-state index contributed by atoms with van der Waals surface area (Å²) in [4.78, 5) is 12.2. The molecule has 0 saturated heterocycles. The fraction of sp³-hybridized carbons (Fsp3) is 0.261.